The molecule has 7 nitrogen and oxygen atoms in total. The quantitative estimate of drug-likeness (QED) is 0.514. The van der Waals surface area contributed by atoms with Crippen LogP contribution in [0.1, 0.15) is 40.9 Å². The summed E-state index contributed by atoms with van der Waals surface area (Å²) in [6.07, 6.45) is 5.97. The van der Waals surface area contributed by atoms with E-state index in [-0.39, 0.29) is 5.91 Å². The molecule has 0 aliphatic carbocycles. The van der Waals surface area contributed by atoms with E-state index in [9.17, 15) is 4.79 Å². The zero-order valence-electron chi connectivity index (χ0n) is 17.3. The molecule has 2 N–H and O–H groups in total. The van der Waals surface area contributed by atoms with E-state index in [2.05, 4.69) is 32.8 Å². The molecule has 4 aromatic rings. The molecule has 6 rings (SSSR count). The van der Waals surface area contributed by atoms with Crippen LogP contribution in [0.5, 0.6) is 0 Å². The smallest absolute Gasteiger partial charge is 0.276 e. The van der Waals surface area contributed by atoms with Crippen molar-refractivity contribution < 1.29 is 9.32 Å². The lowest BCUT2D eigenvalue weighted by Gasteiger charge is -2.12. The lowest BCUT2D eigenvalue weighted by molar-refractivity contribution is 0.0741. The van der Waals surface area contributed by atoms with Crippen LogP contribution in [0, 0.1) is 0 Å². The van der Waals surface area contributed by atoms with Crippen LogP contribution in [0.15, 0.2) is 59.3 Å². The fourth-order valence-corrected chi connectivity index (χ4v) is 4.05. The van der Waals surface area contributed by atoms with Gasteiger partial charge in [-0.1, -0.05) is 35.8 Å². The first-order valence-electron chi connectivity index (χ1n) is 10.7. The first-order chi connectivity index (χ1) is 15.3. The number of H-pyrrole nitrogens is 1. The molecule has 1 saturated heterocycles. The van der Waals surface area contributed by atoms with Crippen LogP contribution in [0.4, 0.5) is 0 Å². The third kappa shape index (κ3) is 4.22. The van der Waals surface area contributed by atoms with Gasteiger partial charge in [-0.05, 0) is 55.3 Å². The Kier molecular flexibility index (Phi) is 5.50. The van der Waals surface area contributed by atoms with E-state index in [0.29, 0.717) is 24.5 Å². The monoisotopic (exact) mass is 415 g/mol. The molecule has 2 aromatic heterocycles. The number of fused-ring (bicyclic) bond motifs is 2. The summed E-state index contributed by atoms with van der Waals surface area (Å²) in [5, 5.41) is 15.2. The second kappa shape index (κ2) is 8.73. The molecule has 0 atom stereocenters. The summed E-state index contributed by atoms with van der Waals surface area (Å²) in [7, 11) is 0. The molecule has 158 valence electrons. The van der Waals surface area contributed by atoms with Gasteiger partial charge in [-0.15, -0.1) is 0 Å². The number of amides is 1. The van der Waals surface area contributed by atoms with Crippen LogP contribution in [0.25, 0.3) is 22.2 Å². The van der Waals surface area contributed by atoms with Gasteiger partial charge in [0.1, 0.15) is 0 Å². The minimum absolute atomic E-state index is 0.115. The van der Waals surface area contributed by atoms with Crippen molar-refractivity contribution in [2.75, 3.05) is 13.1 Å². The van der Waals surface area contributed by atoms with E-state index in [1.807, 2.05) is 30.3 Å². The van der Waals surface area contributed by atoms with Crippen molar-refractivity contribution in [1.82, 2.24) is 25.6 Å². The van der Waals surface area contributed by atoms with Crippen molar-refractivity contribution in [1.29, 1.82) is 0 Å². The van der Waals surface area contributed by atoms with Crippen LogP contribution in [0.3, 0.4) is 0 Å². The van der Waals surface area contributed by atoms with Crippen LogP contribution in [-0.4, -0.2) is 39.3 Å². The predicted octanol–water partition coefficient (Wildman–Crippen LogP) is 4.13. The Morgan fingerprint density at radius 3 is 2.42 bits per heavy atom. The number of piperidine rings is 1. The van der Waals surface area contributed by atoms with Crippen molar-refractivity contribution in [3.8, 4) is 11.3 Å². The summed E-state index contributed by atoms with van der Waals surface area (Å²) in [6, 6.07) is 15.6. The Bertz CT molecular complexity index is 1150. The van der Waals surface area contributed by atoms with Crippen LogP contribution in [-0.2, 0) is 13.1 Å². The van der Waals surface area contributed by atoms with Crippen molar-refractivity contribution in [3.05, 3.63) is 71.5 Å². The predicted molar refractivity (Wildman–Crippen MR) is 118 cm³/mol. The zero-order valence-corrected chi connectivity index (χ0v) is 17.3. The number of aromatic nitrogens is 3. The first kappa shape index (κ1) is 19.5. The number of carbonyl (C=O) groups is 1. The van der Waals surface area contributed by atoms with Crippen LogP contribution < -0.4 is 5.32 Å². The van der Waals surface area contributed by atoms with Crippen molar-refractivity contribution in [2.24, 2.45) is 0 Å². The highest BCUT2D eigenvalue weighted by atomic mass is 16.5. The van der Waals surface area contributed by atoms with Crippen LogP contribution >= 0.6 is 0 Å². The fourth-order valence-electron chi connectivity index (χ4n) is 4.05. The van der Waals surface area contributed by atoms with Gasteiger partial charge in [0.15, 0.2) is 11.5 Å². The topological polar surface area (TPSA) is 87.0 Å². The highest BCUT2D eigenvalue weighted by molar-refractivity contribution is 5.93. The summed E-state index contributed by atoms with van der Waals surface area (Å²) in [5.74, 6) is 0.457. The maximum atomic E-state index is 12.7. The molecule has 2 aliphatic heterocycles. The molecule has 2 aromatic carbocycles. The van der Waals surface area contributed by atoms with Gasteiger partial charge >= 0.3 is 0 Å². The molecule has 0 unspecified atom stereocenters. The van der Waals surface area contributed by atoms with Gasteiger partial charge in [0.05, 0.1) is 11.7 Å². The third-order valence-corrected chi connectivity index (χ3v) is 5.79. The molecule has 0 radical (unpaired) electrons. The van der Waals surface area contributed by atoms with Crippen molar-refractivity contribution >= 4 is 16.8 Å². The number of nitrogens with zero attached hydrogens (tertiary/aromatic N) is 3. The van der Waals surface area contributed by atoms with E-state index in [4.69, 9.17) is 4.52 Å². The fraction of sp³-hybridized carbons (Fsp3) is 0.292. The third-order valence-electron chi connectivity index (χ3n) is 5.79. The van der Waals surface area contributed by atoms with E-state index in [0.717, 1.165) is 16.5 Å². The Morgan fingerprint density at radius 1 is 0.968 bits per heavy atom. The van der Waals surface area contributed by atoms with Gasteiger partial charge in [0.2, 0.25) is 0 Å². The summed E-state index contributed by atoms with van der Waals surface area (Å²) in [5.41, 5.74) is 4.52. The van der Waals surface area contributed by atoms with E-state index < -0.39 is 0 Å². The zero-order chi connectivity index (χ0) is 21.0. The highest BCUT2D eigenvalue weighted by Gasteiger charge is 2.26. The van der Waals surface area contributed by atoms with E-state index >= 15 is 0 Å². The number of rotatable bonds is 2. The first-order valence-corrected chi connectivity index (χ1v) is 10.7. The van der Waals surface area contributed by atoms with Crippen LogP contribution in [0.2, 0.25) is 0 Å². The lowest BCUT2D eigenvalue weighted by Crippen LogP contribution is -2.25. The molecule has 2 aliphatic rings. The Balaban J connectivity index is 0.000000296. The highest BCUT2D eigenvalue weighted by Crippen LogP contribution is 2.27. The summed E-state index contributed by atoms with van der Waals surface area (Å²) in [6.45, 7) is 3.72. The molecule has 1 amide bonds. The minimum atomic E-state index is -0.115. The van der Waals surface area contributed by atoms with Gasteiger partial charge in [-0.25, -0.2) is 0 Å². The normalized spacial score (nSPS) is 15.4. The average Bonchev–Trinajstić information content (AvgIpc) is 3.58. The lowest BCUT2D eigenvalue weighted by atomic mass is 10.1. The van der Waals surface area contributed by atoms with E-state index in [1.54, 1.807) is 17.2 Å². The standard InChI is InChI=1S/C19H14N4O2.C5H11N/c24-19(23-10-13-3-1-2-4-14(13)11-23)17-8-18(25-22-17)12-5-6-16-15(7-12)9-20-21-16;1-2-4-6-5-3-1/h1-9H,10-11H2,(H,20,21);6H,1-5H2. The molecular weight excluding hydrogens is 390 g/mol. The maximum absolute atomic E-state index is 12.7. The summed E-state index contributed by atoms with van der Waals surface area (Å²) >= 11 is 0. The van der Waals surface area contributed by atoms with Gasteiger partial charge in [0.25, 0.3) is 5.91 Å². The molecule has 31 heavy (non-hydrogen) atoms. The Labute approximate surface area is 180 Å². The second-order valence-electron chi connectivity index (χ2n) is 7.99. The Hall–Kier alpha value is -3.45. The molecule has 4 heterocycles. The number of benzene rings is 2. The Morgan fingerprint density at radius 2 is 1.74 bits per heavy atom. The van der Waals surface area contributed by atoms with Gasteiger partial charge in [-0.3, -0.25) is 9.89 Å². The number of hydrogen-bond acceptors (Lipinski definition) is 5. The maximum Gasteiger partial charge on any atom is 0.276 e. The molecule has 0 spiro atoms. The molecule has 7 heteroatoms. The van der Waals surface area contributed by atoms with Gasteiger partial charge < -0.3 is 14.7 Å². The summed E-state index contributed by atoms with van der Waals surface area (Å²) < 4.78 is 5.41. The molecule has 1 fully saturated rings. The van der Waals surface area contributed by atoms with Crippen molar-refractivity contribution in [2.45, 2.75) is 32.4 Å². The van der Waals surface area contributed by atoms with E-state index in [1.165, 1.54) is 43.5 Å². The van der Waals surface area contributed by atoms with Gasteiger partial charge in [-0.2, -0.15) is 5.10 Å². The second-order valence-corrected chi connectivity index (χ2v) is 7.99. The minimum Gasteiger partial charge on any atom is -0.355 e. The molecule has 0 bridgehead atoms. The largest absolute Gasteiger partial charge is 0.355 e. The number of nitrogens with one attached hydrogen (secondary N) is 2. The average molecular weight is 415 g/mol. The number of carbonyl (C=O) groups excluding carboxylic acids is 1. The molecule has 0 saturated carbocycles. The van der Waals surface area contributed by atoms with Gasteiger partial charge in [0, 0.05) is 30.1 Å². The number of aromatic amines is 1. The number of hydrogen-bond donors (Lipinski definition) is 2. The SMILES string of the molecule is C1CCNCC1.O=C(c1cc(-c2ccc3[nH]ncc3c2)on1)N1Cc2ccccc2C1. The summed E-state index contributed by atoms with van der Waals surface area (Å²) in [4.78, 5) is 14.5. The molecular formula is C24H25N5O2. The van der Waals surface area contributed by atoms with Crippen molar-refractivity contribution in [3.63, 3.8) is 0 Å².